The zero-order chi connectivity index (χ0) is 12.4. The molecule has 0 radical (unpaired) electrons. The lowest BCUT2D eigenvalue weighted by Crippen LogP contribution is -2.21. The zero-order valence-electron chi connectivity index (χ0n) is 10.6. The minimum absolute atomic E-state index is 0.199. The molecule has 1 N–H and O–H groups in total. The summed E-state index contributed by atoms with van der Waals surface area (Å²) in [7, 11) is 2.00. The highest BCUT2D eigenvalue weighted by atomic mass is 16.5. The first-order valence-electron chi connectivity index (χ1n) is 6.50. The number of nitrogens with zero attached hydrogens (tertiary/aromatic N) is 1. The van der Waals surface area contributed by atoms with Gasteiger partial charge in [0.2, 0.25) is 0 Å². The lowest BCUT2D eigenvalue weighted by molar-refractivity contribution is 0.0921. The van der Waals surface area contributed by atoms with E-state index in [1.165, 1.54) is 10.9 Å². The third kappa shape index (κ3) is 2.00. The minimum atomic E-state index is 0.199. The molecule has 2 atom stereocenters. The topological polar surface area (TPSA) is 34.1 Å². The van der Waals surface area contributed by atoms with E-state index in [-0.39, 0.29) is 6.10 Å². The maximum absolute atomic E-state index is 5.94. The largest absolute Gasteiger partial charge is 0.373 e. The van der Waals surface area contributed by atoms with Crippen molar-refractivity contribution >= 4 is 10.9 Å². The molecule has 0 amide bonds. The Bertz CT molecular complexity index is 536. The van der Waals surface area contributed by atoms with E-state index in [1.807, 2.05) is 19.3 Å². The van der Waals surface area contributed by atoms with Gasteiger partial charge in [0.25, 0.3) is 0 Å². The van der Waals surface area contributed by atoms with Gasteiger partial charge in [-0.25, -0.2) is 0 Å². The van der Waals surface area contributed by atoms with Gasteiger partial charge in [-0.15, -0.1) is 0 Å². The number of nitrogens with one attached hydrogen (secondary N) is 1. The first-order chi connectivity index (χ1) is 8.90. The van der Waals surface area contributed by atoms with Crippen LogP contribution >= 0.6 is 0 Å². The Balaban J connectivity index is 2.03. The lowest BCUT2D eigenvalue weighted by atomic mass is 9.93. The second kappa shape index (κ2) is 5.04. The molecule has 1 aliphatic rings. The summed E-state index contributed by atoms with van der Waals surface area (Å²) in [5.74, 6) is 0.556. The number of rotatable bonds is 3. The van der Waals surface area contributed by atoms with Crippen LogP contribution in [0, 0.1) is 5.92 Å². The van der Waals surface area contributed by atoms with Crippen LogP contribution in [-0.4, -0.2) is 25.2 Å². The molecule has 0 saturated carbocycles. The second-order valence-electron chi connectivity index (χ2n) is 4.82. The number of hydrogen-bond donors (Lipinski definition) is 1. The van der Waals surface area contributed by atoms with Crippen LogP contribution in [0.1, 0.15) is 18.1 Å². The SMILES string of the molecule is CNCC1CCOC1c1ccnc2ccccc12. The molecule has 18 heavy (non-hydrogen) atoms. The Morgan fingerprint density at radius 2 is 2.22 bits per heavy atom. The van der Waals surface area contributed by atoms with E-state index in [4.69, 9.17) is 4.74 Å². The average Bonchev–Trinajstić information content (AvgIpc) is 2.87. The van der Waals surface area contributed by atoms with Crippen molar-refractivity contribution in [2.75, 3.05) is 20.2 Å². The summed E-state index contributed by atoms with van der Waals surface area (Å²) in [5.41, 5.74) is 2.33. The van der Waals surface area contributed by atoms with Crippen molar-refractivity contribution in [2.24, 2.45) is 5.92 Å². The molecule has 2 unspecified atom stereocenters. The number of fused-ring (bicyclic) bond motifs is 1. The highest BCUT2D eigenvalue weighted by molar-refractivity contribution is 5.82. The molecular weight excluding hydrogens is 224 g/mol. The van der Waals surface area contributed by atoms with Gasteiger partial charge in [-0.1, -0.05) is 18.2 Å². The standard InChI is InChI=1S/C15H18N2O/c1-16-10-11-7-9-18-15(11)13-6-8-17-14-5-3-2-4-12(13)14/h2-6,8,11,15-16H,7,9-10H2,1H3. The third-order valence-electron chi connectivity index (χ3n) is 3.67. The van der Waals surface area contributed by atoms with Gasteiger partial charge in [-0.2, -0.15) is 0 Å². The summed E-state index contributed by atoms with van der Waals surface area (Å²) in [6.07, 6.45) is 3.21. The number of aromatic nitrogens is 1. The quantitative estimate of drug-likeness (QED) is 0.898. The fourth-order valence-electron chi connectivity index (χ4n) is 2.81. The molecule has 0 spiro atoms. The van der Waals surface area contributed by atoms with Crippen molar-refractivity contribution in [1.82, 2.24) is 10.3 Å². The van der Waals surface area contributed by atoms with Gasteiger partial charge < -0.3 is 10.1 Å². The lowest BCUT2D eigenvalue weighted by Gasteiger charge is -2.20. The van der Waals surface area contributed by atoms with Gasteiger partial charge in [0.05, 0.1) is 11.6 Å². The van der Waals surface area contributed by atoms with Crippen LogP contribution in [0.25, 0.3) is 10.9 Å². The van der Waals surface area contributed by atoms with E-state index < -0.39 is 0 Å². The molecule has 1 aromatic heterocycles. The van der Waals surface area contributed by atoms with Crippen LogP contribution in [0.2, 0.25) is 0 Å². The summed E-state index contributed by atoms with van der Waals surface area (Å²) in [6.45, 7) is 1.86. The van der Waals surface area contributed by atoms with Crippen LogP contribution in [0.3, 0.4) is 0 Å². The number of ether oxygens (including phenoxy) is 1. The van der Waals surface area contributed by atoms with Crippen LogP contribution in [0.5, 0.6) is 0 Å². The van der Waals surface area contributed by atoms with Crippen LogP contribution in [0.15, 0.2) is 36.5 Å². The van der Waals surface area contributed by atoms with E-state index in [9.17, 15) is 0 Å². The summed E-state index contributed by atoms with van der Waals surface area (Å²) in [5, 5.41) is 4.48. The Hall–Kier alpha value is -1.45. The average molecular weight is 242 g/mol. The number of benzene rings is 1. The maximum atomic E-state index is 5.94. The molecule has 0 bridgehead atoms. The van der Waals surface area contributed by atoms with Gasteiger partial charge in [-0.05, 0) is 31.2 Å². The van der Waals surface area contributed by atoms with Crippen molar-refractivity contribution in [3.63, 3.8) is 0 Å². The normalized spacial score (nSPS) is 23.6. The Morgan fingerprint density at radius 1 is 1.33 bits per heavy atom. The zero-order valence-corrected chi connectivity index (χ0v) is 10.6. The third-order valence-corrected chi connectivity index (χ3v) is 3.67. The molecule has 2 aromatic rings. The molecule has 3 rings (SSSR count). The van der Waals surface area contributed by atoms with E-state index in [2.05, 4.69) is 34.6 Å². The molecule has 1 saturated heterocycles. The number of para-hydroxylation sites is 1. The molecule has 1 aromatic carbocycles. The molecule has 2 heterocycles. The van der Waals surface area contributed by atoms with Gasteiger partial charge in [0.15, 0.2) is 0 Å². The Kier molecular flexibility index (Phi) is 3.26. The van der Waals surface area contributed by atoms with Crippen molar-refractivity contribution in [1.29, 1.82) is 0 Å². The van der Waals surface area contributed by atoms with E-state index in [1.54, 1.807) is 0 Å². The van der Waals surface area contributed by atoms with E-state index >= 15 is 0 Å². The Morgan fingerprint density at radius 3 is 3.11 bits per heavy atom. The fourth-order valence-corrected chi connectivity index (χ4v) is 2.81. The van der Waals surface area contributed by atoms with Crippen molar-refractivity contribution in [3.8, 4) is 0 Å². The van der Waals surface area contributed by atoms with Crippen molar-refractivity contribution in [2.45, 2.75) is 12.5 Å². The van der Waals surface area contributed by atoms with Crippen LogP contribution in [-0.2, 0) is 4.74 Å². The summed E-state index contributed by atoms with van der Waals surface area (Å²) >= 11 is 0. The minimum Gasteiger partial charge on any atom is -0.373 e. The highest BCUT2D eigenvalue weighted by Crippen LogP contribution is 2.36. The first-order valence-corrected chi connectivity index (χ1v) is 6.50. The smallest absolute Gasteiger partial charge is 0.0873 e. The molecule has 3 heteroatoms. The molecule has 0 aliphatic carbocycles. The predicted octanol–water partition coefficient (Wildman–Crippen LogP) is 2.53. The second-order valence-corrected chi connectivity index (χ2v) is 4.82. The monoisotopic (exact) mass is 242 g/mol. The van der Waals surface area contributed by atoms with Crippen LogP contribution < -0.4 is 5.32 Å². The fraction of sp³-hybridized carbons (Fsp3) is 0.400. The summed E-state index contributed by atoms with van der Waals surface area (Å²) in [6, 6.07) is 10.4. The predicted molar refractivity (Wildman–Crippen MR) is 72.5 cm³/mol. The molecule has 1 fully saturated rings. The van der Waals surface area contributed by atoms with Crippen molar-refractivity contribution < 1.29 is 4.74 Å². The van der Waals surface area contributed by atoms with Crippen LogP contribution in [0.4, 0.5) is 0 Å². The van der Waals surface area contributed by atoms with E-state index in [0.29, 0.717) is 5.92 Å². The number of pyridine rings is 1. The van der Waals surface area contributed by atoms with Gasteiger partial charge in [-0.3, -0.25) is 4.98 Å². The Labute approximate surface area is 107 Å². The highest BCUT2D eigenvalue weighted by Gasteiger charge is 2.30. The van der Waals surface area contributed by atoms with Gasteiger partial charge in [0.1, 0.15) is 0 Å². The first kappa shape index (κ1) is 11.6. The van der Waals surface area contributed by atoms with Gasteiger partial charge in [0, 0.05) is 30.7 Å². The molecule has 3 nitrogen and oxygen atoms in total. The number of hydrogen-bond acceptors (Lipinski definition) is 3. The van der Waals surface area contributed by atoms with Gasteiger partial charge >= 0.3 is 0 Å². The summed E-state index contributed by atoms with van der Waals surface area (Å²) in [4.78, 5) is 4.41. The molecule has 1 aliphatic heterocycles. The molecular formula is C15H18N2O. The van der Waals surface area contributed by atoms with E-state index in [0.717, 1.165) is 25.1 Å². The molecule has 94 valence electrons. The summed E-state index contributed by atoms with van der Waals surface area (Å²) < 4.78 is 5.94. The van der Waals surface area contributed by atoms with Crippen molar-refractivity contribution in [3.05, 3.63) is 42.1 Å². The maximum Gasteiger partial charge on any atom is 0.0873 e.